The summed E-state index contributed by atoms with van der Waals surface area (Å²) >= 11 is 3.46. The van der Waals surface area contributed by atoms with Crippen molar-refractivity contribution >= 4 is 31.9 Å². The molecular formula is C24H31BrN2O4S. The molecule has 174 valence electrons. The molecule has 0 aliphatic carbocycles. The summed E-state index contributed by atoms with van der Waals surface area (Å²) in [4.78, 5) is 13.0. The van der Waals surface area contributed by atoms with Gasteiger partial charge in [0.25, 0.3) is 0 Å². The Bertz CT molecular complexity index is 1060. The lowest BCUT2D eigenvalue weighted by molar-refractivity contribution is -0.126. The van der Waals surface area contributed by atoms with E-state index in [1.807, 2.05) is 51.1 Å². The average molecular weight is 523 g/mol. The molecule has 1 heterocycles. The highest BCUT2D eigenvalue weighted by molar-refractivity contribution is 9.10. The standard InChI is InChI=1S/C24H31BrN2O4S/c1-16(2)19-8-9-22(31-4)23(15-19)32(29,30)27-12-10-18(11-13-27)24(28)26-17(3)20-6-5-7-21(25)14-20/h5-9,14-18H,10-13H2,1-4H3,(H,26,28). The molecule has 1 N–H and O–H groups in total. The number of ether oxygens (including phenoxy) is 1. The Morgan fingerprint density at radius 3 is 2.38 bits per heavy atom. The van der Waals surface area contributed by atoms with Crippen molar-refractivity contribution in [3.8, 4) is 5.75 Å². The van der Waals surface area contributed by atoms with Gasteiger partial charge in [-0.15, -0.1) is 0 Å². The molecule has 1 aliphatic heterocycles. The number of nitrogens with one attached hydrogen (secondary N) is 1. The minimum atomic E-state index is -3.71. The molecule has 0 radical (unpaired) electrons. The number of benzene rings is 2. The number of rotatable bonds is 7. The molecule has 1 unspecified atom stereocenters. The molecule has 0 bridgehead atoms. The fourth-order valence-electron chi connectivity index (χ4n) is 3.94. The Morgan fingerprint density at radius 2 is 1.78 bits per heavy atom. The van der Waals surface area contributed by atoms with Gasteiger partial charge in [0.05, 0.1) is 13.2 Å². The molecule has 1 atom stereocenters. The van der Waals surface area contributed by atoms with Crippen molar-refractivity contribution in [1.29, 1.82) is 0 Å². The van der Waals surface area contributed by atoms with E-state index in [4.69, 9.17) is 4.74 Å². The van der Waals surface area contributed by atoms with Crippen LogP contribution in [0.2, 0.25) is 0 Å². The number of methoxy groups -OCH3 is 1. The van der Waals surface area contributed by atoms with Crippen molar-refractivity contribution in [3.05, 3.63) is 58.1 Å². The number of hydrogen-bond donors (Lipinski definition) is 1. The minimum absolute atomic E-state index is 0.0334. The van der Waals surface area contributed by atoms with E-state index in [9.17, 15) is 13.2 Å². The lowest BCUT2D eigenvalue weighted by atomic mass is 9.96. The van der Waals surface area contributed by atoms with Crippen LogP contribution in [0, 0.1) is 5.92 Å². The van der Waals surface area contributed by atoms with Crippen molar-refractivity contribution in [3.63, 3.8) is 0 Å². The van der Waals surface area contributed by atoms with Crippen LogP contribution in [0.4, 0.5) is 0 Å². The molecule has 3 rings (SSSR count). The first kappa shape index (κ1) is 24.7. The summed E-state index contributed by atoms with van der Waals surface area (Å²) in [6.07, 6.45) is 0.977. The molecular weight excluding hydrogens is 492 g/mol. The maximum atomic E-state index is 13.4. The second-order valence-electron chi connectivity index (χ2n) is 8.53. The fraction of sp³-hybridized carbons (Fsp3) is 0.458. The molecule has 1 saturated heterocycles. The number of amides is 1. The largest absolute Gasteiger partial charge is 0.495 e. The molecule has 0 saturated carbocycles. The molecule has 6 nitrogen and oxygen atoms in total. The average Bonchev–Trinajstić information content (AvgIpc) is 2.78. The highest BCUT2D eigenvalue weighted by Gasteiger charge is 2.34. The number of halogens is 1. The van der Waals surface area contributed by atoms with E-state index in [0.717, 1.165) is 15.6 Å². The van der Waals surface area contributed by atoms with Crippen molar-refractivity contribution in [2.24, 2.45) is 5.92 Å². The van der Waals surface area contributed by atoms with E-state index in [1.54, 1.807) is 12.1 Å². The first-order chi connectivity index (χ1) is 15.1. The van der Waals surface area contributed by atoms with E-state index in [0.29, 0.717) is 31.7 Å². The number of piperidine rings is 1. The van der Waals surface area contributed by atoms with Gasteiger partial charge in [0.2, 0.25) is 15.9 Å². The number of sulfonamides is 1. The number of carbonyl (C=O) groups excluding carboxylic acids is 1. The van der Waals surface area contributed by atoms with Gasteiger partial charge in [-0.05, 0) is 61.1 Å². The summed E-state index contributed by atoms with van der Waals surface area (Å²) in [6, 6.07) is 13.0. The third-order valence-corrected chi connectivity index (χ3v) is 8.42. The molecule has 0 spiro atoms. The molecule has 1 fully saturated rings. The van der Waals surface area contributed by atoms with Gasteiger partial charge in [0.15, 0.2) is 0 Å². The smallest absolute Gasteiger partial charge is 0.246 e. The zero-order chi connectivity index (χ0) is 23.5. The van der Waals surface area contributed by atoms with Crippen LogP contribution >= 0.6 is 15.9 Å². The molecule has 2 aromatic carbocycles. The monoisotopic (exact) mass is 522 g/mol. The van der Waals surface area contributed by atoms with Crippen LogP contribution in [0.3, 0.4) is 0 Å². The zero-order valence-electron chi connectivity index (χ0n) is 19.0. The topological polar surface area (TPSA) is 75.7 Å². The predicted octanol–water partition coefficient (Wildman–Crippen LogP) is 4.86. The Labute approximate surface area is 199 Å². The van der Waals surface area contributed by atoms with Crippen LogP contribution in [0.1, 0.15) is 56.7 Å². The third kappa shape index (κ3) is 5.53. The minimum Gasteiger partial charge on any atom is -0.495 e. The normalized spacial score (nSPS) is 16.7. The first-order valence-electron chi connectivity index (χ1n) is 10.9. The zero-order valence-corrected chi connectivity index (χ0v) is 21.4. The SMILES string of the molecule is COc1ccc(C(C)C)cc1S(=O)(=O)N1CCC(C(=O)NC(C)c2cccc(Br)c2)CC1. The van der Waals surface area contributed by atoms with Crippen molar-refractivity contribution in [1.82, 2.24) is 9.62 Å². The van der Waals surface area contributed by atoms with Gasteiger partial charge in [0, 0.05) is 23.5 Å². The second kappa shape index (κ2) is 10.4. The lowest BCUT2D eigenvalue weighted by Crippen LogP contribution is -2.43. The molecule has 2 aromatic rings. The lowest BCUT2D eigenvalue weighted by Gasteiger charge is -2.31. The van der Waals surface area contributed by atoms with Gasteiger partial charge in [-0.3, -0.25) is 4.79 Å². The van der Waals surface area contributed by atoms with Crippen molar-refractivity contribution < 1.29 is 17.9 Å². The highest BCUT2D eigenvalue weighted by Crippen LogP contribution is 2.32. The van der Waals surface area contributed by atoms with E-state index in [2.05, 4.69) is 21.2 Å². The summed E-state index contributed by atoms with van der Waals surface area (Å²) in [5.74, 6) is 0.308. The molecule has 1 amide bonds. The van der Waals surface area contributed by atoms with E-state index in [1.165, 1.54) is 11.4 Å². The van der Waals surface area contributed by atoms with Crippen LogP contribution in [-0.4, -0.2) is 38.8 Å². The Hall–Kier alpha value is -1.90. The van der Waals surface area contributed by atoms with Gasteiger partial charge in [-0.25, -0.2) is 8.42 Å². The Kier molecular flexibility index (Phi) is 8.01. The summed E-state index contributed by atoms with van der Waals surface area (Å²) in [5, 5.41) is 3.07. The van der Waals surface area contributed by atoms with E-state index < -0.39 is 10.0 Å². The molecule has 32 heavy (non-hydrogen) atoms. The third-order valence-electron chi connectivity index (χ3n) is 6.00. The van der Waals surface area contributed by atoms with Crippen LogP contribution in [0.15, 0.2) is 51.8 Å². The van der Waals surface area contributed by atoms with E-state index >= 15 is 0 Å². The van der Waals surface area contributed by atoms with E-state index in [-0.39, 0.29) is 28.7 Å². The van der Waals surface area contributed by atoms with Gasteiger partial charge in [-0.2, -0.15) is 4.31 Å². The van der Waals surface area contributed by atoms with Crippen LogP contribution in [-0.2, 0) is 14.8 Å². The predicted molar refractivity (Wildman–Crippen MR) is 129 cm³/mol. The maximum absolute atomic E-state index is 13.4. The summed E-state index contributed by atoms with van der Waals surface area (Å²) in [7, 11) is -2.23. The number of hydrogen-bond acceptors (Lipinski definition) is 4. The molecule has 8 heteroatoms. The van der Waals surface area contributed by atoms with Crippen molar-refractivity contribution in [2.45, 2.75) is 50.5 Å². The Morgan fingerprint density at radius 1 is 1.09 bits per heavy atom. The summed E-state index contributed by atoms with van der Waals surface area (Å²) in [5.41, 5.74) is 1.96. The summed E-state index contributed by atoms with van der Waals surface area (Å²) < 4.78 is 34.5. The van der Waals surface area contributed by atoms with Crippen LogP contribution < -0.4 is 10.1 Å². The van der Waals surface area contributed by atoms with Crippen LogP contribution in [0.5, 0.6) is 5.75 Å². The van der Waals surface area contributed by atoms with Gasteiger partial charge < -0.3 is 10.1 Å². The number of carbonyl (C=O) groups is 1. The van der Waals surface area contributed by atoms with Crippen LogP contribution in [0.25, 0.3) is 0 Å². The maximum Gasteiger partial charge on any atom is 0.246 e. The first-order valence-corrected chi connectivity index (χ1v) is 13.1. The molecule has 1 aliphatic rings. The summed E-state index contributed by atoms with van der Waals surface area (Å²) in [6.45, 7) is 6.61. The Balaban J connectivity index is 1.67. The van der Waals surface area contributed by atoms with Gasteiger partial charge in [0.1, 0.15) is 10.6 Å². The second-order valence-corrected chi connectivity index (χ2v) is 11.4. The molecule has 0 aromatic heterocycles. The quantitative estimate of drug-likeness (QED) is 0.563. The van der Waals surface area contributed by atoms with Crippen molar-refractivity contribution in [2.75, 3.05) is 20.2 Å². The fourth-order valence-corrected chi connectivity index (χ4v) is 6.02. The van der Waals surface area contributed by atoms with Gasteiger partial charge in [-0.1, -0.05) is 48.0 Å². The number of nitrogens with zero attached hydrogens (tertiary/aromatic N) is 1. The highest BCUT2D eigenvalue weighted by atomic mass is 79.9. The van der Waals surface area contributed by atoms with Gasteiger partial charge >= 0.3 is 0 Å².